The minimum Gasteiger partial charge on any atom is -0.384 e. The zero-order chi connectivity index (χ0) is 14.7. The molecule has 110 valence electrons. The number of hydrogen-bond acceptors (Lipinski definition) is 3. The van der Waals surface area contributed by atoms with Crippen LogP contribution in [0.4, 0.5) is 5.69 Å². The number of rotatable bonds is 4. The normalized spacial score (nSPS) is 16.9. The lowest BCUT2D eigenvalue weighted by molar-refractivity contribution is -0.124. The highest BCUT2D eigenvalue weighted by Crippen LogP contribution is 2.24. The van der Waals surface area contributed by atoms with Gasteiger partial charge in [-0.2, -0.15) is 0 Å². The van der Waals surface area contributed by atoms with Crippen LogP contribution in [0.1, 0.15) is 22.9 Å². The Morgan fingerprint density at radius 3 is 3.10 bits per heavy atom. The molecule has 3 rings (SSSR count). The van der Waals surface area contributed by atoms with Crippen LogP contribution in [0.3, 0.4) is 0 Å². The molecule has 0 saturated carbocycles. The third kappa shape index (κ3) is 3.10. The summed E-state index contributed by atoms with van der Waals surface area (Å²) in [5.74, 6) is 0.164. The molecule has 1 aromatic carbocycles. The number of aryl methyl sites for hydroxylation is 1. The van der Waals surface area contributed by atoms with Crippen molar-refractivity contribution in [2.75, 3.05) is 11.9 Å². The summed E-state index contributed by atoms with van der Waals surface area (Å²) < 4.78 is 0. The minimum atomic E-state index is 0.0185. The van der Waals surface area contributed by atoms with E-state index in [1.54, 1.807) is 11.3 Å². The summed E-state index contributed by atoms with van der Waals surface area (Å²) in [6.45, 7) is 3.51. The molecule has 1 amide bonds. The van der Waals surface area contributed by atoms with E-state index in [2.05, 4.69) is 41.1 Å². The number of nitrogens with one attached hydrogen (secondary N) is 2. The van der Waals surface area contributed by atoms with Crippen molar-refractivity contribution in [1.82, 2.24) is 5.32 Å². The molecule has 1 atom stereocenters. The fourth-order valence-corrected chi connectivity index (χ4v) is 3.69. The topological polar surface area (TPSA) is 41.1 Å². The summed E-state index contributed by atoms with van der Waals surface area (Å²) in [5.41, 5.74) is 3.73. The zero-order valence-corrected chi connectivity index (χ0v) is 13.0. The lowest BCUT2D eigenvalue weighted by Gasteiger charge is -2.25. The predicted octanol–water partition coefficient (Wildman–Crippen LogP) is 3.21. The maximum absolute atomic E-state index is 12.4. The zero-order valence-electron chi connectivity index (χ0n) is 12.2. The molecule has 0 fully saturated rings. The second-order valence-electron chi connectivity index (χ2n) is 5.38. The molecule has 0 saturated heterocycles. The van der Waals surface area contributed by atoms with Gasteiger partial charge < -0.3 is 10.6 Å². The Hall–Kier alpha value is -1.81. The van der Waals surface area contributed by atoms with Crippen LogP contribution in [0.15, 0.2) is 35.7 Å². The minimum absolute atomic E-state index is 0.0185. The number of anilines is 1. The molecule has 4 heteroatoms. The van der Waals surface area contributed by atoms with Gasteiger partial charge in [0.2, 0.25) is 5.91 Å². The Bertz CT molecular complexity index is 635. The second kappa shape index (κ2) is 6.31. The molecule has 0 bridgehead atoms. The standard InChI is InChI=1S/C17H20N2OS/c1-2-12-7-8-21-16(12)11-19-17(20)14-9-13-5-3-4-6-15(13)18-10-14/h3-8,14,18H,2,9-11H2,1H3,(H,19,20). The Labute approximate surface area is 129 Å². The summed E-state index contributed by atoms with van der Waals surface area (Å²) in [7, 11) is 0. The number of carbonyl (C=O) groups is 1. The van der Waals surface area contributed by atoms with Crippen LogP contribution in [0, 0.1) is 5.92 Å². The van der Waals surface area contributed by atoms with Gasteiger partial charge in [0.25, 0.3) is 0 Å². The smallest absolute Gasteiger partial charge is 0.225 e. The summed E-state index contributed by atoms with van der Waals surface area (Å²) in [4.78, 5) is 13.6. The van der Waals surface area contributed by atoms with Crippen molar-refractivity contribution in [3.8, 4) is 0 Å². The molecule has 1 aliphatic rings. The van der Waals surface area contributed by atoms with E-state index in [1.807, 2.05) is 12.1 Å². The second-order valence-corrected chi connectivity index (χ2v) is 6.38. The van der Waals surface area contributed by atoms with Crippen molar-refractivity contribution in [3.63, 3.8) is 0 Å². The maximum Gasteiger partial charge on any atom is 0.225 e. The average molecular weight is 300 g/mol. The summed E-state index contributed by atoms with van der Waals surface area (Å²) >= 11 is 1.72. The Morgan fingerprint density at radius 2 is 2.24 bits per heavy atom. The van der Waals surface area contributed by atoms with E-state index in [9.17, 15) is 4.79 Å². The molecule has 0 spiro atoms. The molecular weight excluding hydrogens is 280 g/mol. The molecular formula is C17H20N2OS. The first-order chi connectivity index (χ1) is 10.3. The quantitative estimate of drug-likeness (QED) is 0.910. The average Bonchev–Trinajstić information content (AvgIpc) is 2.99. The summed E-state index contributed by atoms with van der Waals surface area (Å²) in [6, 6.07) is 10.4. The lowest BCUT2D eigenvalue weighted by Crippen LogP contribution is -2.37. The van der Waals surface area contributed by atoms with Crippen molar-refractivity contribution in [3.05, 3.63) is 51.7 Å². The highest BCUT2D eigenvalue weighted by atomic mass is 32.1. The van der Waals surface area contributed by atoms with Crippen LogP contribution in [0.25, 0.3) is 0 Å². The lowest BCUT2D eigenvalue weighted by atomic mass is 9.93. The van der Waals surface area contributed by atoms with E-state index in [1.165, 1.54) is 16.0 Å². The molecule has 1 aromatic heterocycles. The van der Waals surface area contributed by atoms with Crippen LogP contribution >= 0.6 is 11.3 Å². The summed E-state index contributed by atoms with van der Waals surface area (Å²) in [5, 5.41) is 8.54. The Morgan fingerprint density at radius 1 is 1.38 bits per heavy atom. The molecule has 21 heavy (non-hydrogen) atoms. The number of amides is 1. The van der Waals surface area contributed by atoms with E-state index >= 15 is 0 Å². The van der Waals surface area contributed by atoms with Crippen molar-refractivity contribution < 1.29 is 4.79 Å². The van der Waals surface area contributed by atoms with E-state index < -0.39 is 0 Å². The number of benzene rings is 1. The highest BCUT2D eigenvalue weighted by Gasteiger charge is 2.24. The molecule has 2 aromatic rings. The van der Waals surface area contributed by atoms with E-state index in [4.69, 9.17) is 0 Å². The van der Waals surface area contributed by atoms with E-state index in [-0.39, 0.29) is 11.8 Å². The van der Waals surface area contributed by atoms with Gasteiger partial charge in [0, 0.05) is 17.1 Å². The van der Waals surface area contributed by atoms with E-state index in [0.717, 1.165) is 18.5 Å². The monoisotopic (exact) mass is 300 g/mol. The van der Waals surface area contributed by atoms with Gasteiger partial charge in [0.15, 0.2) is 0 Å². The van der Waals surface area contributed by atoms with E-state index in [0.29, 0.717) is 13.1 Å². The Kier molecular flexibility index (Phi) is 4.25. The number of fused-ring (bicyclic) bond motifs is 1. The van der Waals surface area contributed by atoms with Gasteiger partial charge in [0.05, 0.1) is 12.5 Å². The Balaban J connectivity index is 1.60. The molecule has 3 nitrogen and oxygen atoms in total. The fraction of sp³-hybridized carbons (Fsp3) is 0.353. The third-order valence-corrected chi connectivity index (χ3v) is 5.00. The number of carbonyl (C=O) groups excluding carboxylic acids is 1. The molecule has 2 N–H and O–H groups in total. The van der Waals surface area contributed by atoms with Crippen molar-refractivity contribution in [2.45, 2.75) is 26.3 Å². The van der Waals surface area contributed by atoms with Gasteiger partial charge in [-0.3, -0.25) is 4.79 Å². The molecule has 1 aliphatic heterocycles. The predicted molar refractivity (Wildman–Crippen MR) is 87.7 cm³/mol. The summed E-state index contributed by atoms with van der Waals surface area (Å²) in [6.07, 6.45) is 1.84. The van der Waals surface area contributed by atoms with Crippen LogP contribution in [0.2, 0.25) is 0 Å². The van der Waals surface area contributed by atoms with Gasteiger partial charge in [0.1, 0.15) is 0 Å². The van der Waals surface area contributed by atoms with Gasteiger partial charge in [-0.1, -0.05) is 25.1 Å². The van der Waals surface area contributed by atoms with Crippen LogP contribution in [-0.4, -0.2) is 12.5 Å². The maximum atomic E-state index is 12.4. The third-order valence-electron chi connectivity index (χ3n) is 4.04. The first-order valence-electron chi connectivity index (χ1n) is 7.42. The van der Waals surface area contributed by atoms with Crippen LogP contribution < -0.4 is 10.6 Å². The first-order valence-corrected chi connectivity index (χ1v) is 8.30. The van der Waals surface area contributed by atoms with Gasteiger partial charge in [-0.05, 0) is 41.5 Å². The molecule has 1 unspecified atom stereocenters. The van der Waals surface area contributed by atoms with Crippen molar-refractivity contribution in [1.29, 1.82) is 0 Å². The first kappa shape index (κ1) is 14.1. The largest absolute Gasteiger partial charge is 0.384 e. The van der Waals surface area contributed by atoms with Crippen LogP contribution in [0.5, 0.6) is 0 Å². The van der Waals surface area contributed by atoms with Gasteiger partial charge >= 0.3 is 0 Å². The fourth-order valence-electron chi connectivity index (χ4n) is 2.78. The van der Waals surface area contributed by atoms with Gasteiger partial charge in [-0.15, -0.1) is 11.3 Å². The van der Waals surface area contributed by atoms with Crippen molar-refractivity contribution in [2.24, 2.45) is 5.92 Å². The van der Waals surface area contributed by atoms with Crippen molar-refractivity contribution >= 4 is 22.9 Å². The molecule has 0 aliphatic carbocycles. The van der Waals surface area contributed by atoms with Gasteiger partial charge in [-0.25, -0.2) is 0 Å². The number of hydrogen-bond donors (Lipinski definition) is 2. The van der Waals surface area contributed by atoms with Crippen LogP contribution in [-0.2, 0) is 24.2 Å². The molecule has 2 heterocycles. The highest BCUT2D eigenvalue weighted by molar-refractivity contribution is 7.10. The molecule has 0 radical (unpaired) electrons. The number of thiophene rings is 1. The SMILES string of the molecule is CCc1ccsc1CNC(=O)C1CNc2ccccc2C1. The number of para-hydroxylation sites is 1.